The van der Waals surface area contributed by atoms with Gasteiger partial charge in [0, 0.05) is 16.4 Å². The number of nitrogens with zero attached hydrogens (tertiary/aromatic N) is 1. The lowest BCUT2D eigenvalue weighted by molar-refractivity contribution is -0.118. The van der Waals surface area contributed by atoms with E-state index in [0.717, 1.165) is 5.56 Å². The van der Waals surface area contributed by atoms with Crippen LogP contribution < -0.4 is 15.4 Å². The van der Waals surface area contributed by atoms with Crippen LogP contribution in [0.2, 0.25) is 15.1 Å². The predicted octanol–water partition coefficient (Wildman–Crippen LogP) is 6.52. The molecular formula is C25H18Cl3N3O3. The van der Waals surface area contributed by atoms with Crippen LogP contribution in [0.25, 0.3) is 6.08 Å². The number of amides is 2. The molecule has 0 unspecified atom stereocenters. The third kappa shape index (κ3) is 7.00. The summed E-state index contributed by atoms with van der Waals surface area (Å²) in [5.41, 5.74) is 2.45. The molecule has 0 aliphatic rings. The highest BCUT2D eigenvalue weighted by atomic mass is 35.5. The molecule has 172 valence electrons. The zero-order valence-corrected chi connectivity index (χ0v) is 20.1. The number of halogens is 3. The van der Waals surface area contributed by atoms with Crippen LogP contribution in [-0.4, -0.2) is 18.4 Å². The van der Waals surface area contributed by atoms with Gasteiger partial charge in [0.15, 0.2) is 12.4 Å². The average molecular weight is 515 g/mol. The van der Waals surface area contributed by atoms with Crippen molar-refractivity contribution in [3.05, 3.63) is 92.4 Å². The van der Waals surface area contributed by atoms with E-state index in [-0.39, 0.29) is 28.0 Å². The van der Waals surface area contributed by atoms with Crippen molar-refractivity contribution in [2.24, 2.45) is 0 Å². The van der Waals surface area contributed by atoms with E-state index in [1.807, 2.05) is 25.1 Å². The molecule has 0 saturated heterocycles. The maximum atomic E-state index is 12.5. The molecule has 3 rings (SSSR count). The van der Waals surface area contributed by atoms with Crippen LogP contribution in [0.4, 0.5) is 11.4 Å². The summed E-state index contributed by atoms with van der Waals surface area (Å²) in [5.74, 6) is -0.884. The third-order valence-electron chi connectivity index (χ3n) is 4.48. The molecule has 0 heterocycles. The molecule has 0 atom stereocenters. The fourth-order valence-electron chi connectivity index (χ4n) is 2.82. The lowest BCUT2D eigenvalue weighted by Crippen LogP contribution is -2.20. The first kappa shape index (κ1) is 25.1. The number of nitrogens with one attached hydrogen (secondary N) is 2. The highest BCUT2D eigenvalue weighted by molar-refractivity contribution is 6.37. The molecule has 0 spiro atoms. The number of ether oxygens (including phenoxy) is 1. The van der Waals surface area contributed by atoms with E-state index >= 15 is 0 Å². The number of aryl methyl sites for hydroxylation is 1. The Morgan fingerprint density at radius 2 is 1.50 bits per heavy atom. The first-order chi connectivity index (χ1) is 16.2. The van der Waals surface area contributed by atoms with Crippen LogP contribution in [0, 0.1) is 18.3 Å². The number of hydrogen-bond donors (Lipinski definition) is 2. The summed E-state index contributed by atoms with van der Waals surface area (Å²) < 4.78 is 5.48. The minimum absolute atomic E-state index is 0.106. The van der Waals surface area contributed by atoms with Gasteiger partial charge in [0.2, 0.25) is 0 Å². The molecule has 0 aliphatic carbocycles. The van der Waals surface area contributed by atoms with Gasteiger partial charge >= 0.3 is 0 Å². The van der Waals surface area contributed by atoms with E-state index in [0.29, 0.717) is 22.0 Å². The molecule has 0 aliphatic heterocycles. The van der Waals surface area contributed by atoms with Crippen LogP contribution in [0.15, 0.2) is 66.2 Å². The molecule has 0 bridgehead atoms. The maximum Gasteiger partial charge on any atom is 0.266 e. The molecule has 0 fully saturated rings. The SMILES string of the molecule is Cc1ccc(NC(=O)/C(C#N)=C/c2cc(Cl)c(OCC(=O)Nc3ccc(Cl)cc3)c(Cl)c2)cc1. The van der Waals surface area contributed by atoms with Crippen LogP contribution >= 0.6 is 34.8 Å². The molecule has 34 heavy (non-hydrogen) atoms. The number of hydrogen-bond acceptors (Lipinski definition) is 4. The quantitative estimate of drug-likeness (QED) is 0.277. The summed E-state index contributed by atoms with van der Waals surface area (Å²) in [5, 5.41) is 15.5. The summed E-state index contributed by atoms with van der Waals surface area (Å²) in [6, 6.07) is 18.6. The summed E-state index contributed by atoms with van der Waals surface area (Å²) >= 11 is 18.4. The lowest BCUT2D eigenvalue weighted by atomic mass is 10.1. The largest absolute Gasteiger partial charge is 0.481 e. The maximum absolute atomic E-state index is 12.5. The van der Waals surface area contributed by atoms with Gasteiger partial charge in [-0.05, 0) is 67.1 Å². The molecule has 0 aromatic heterocycles. The molecule has 2 amide bonds. The molecule has 2 N–H and O–H groups in total. The Balaban J connectivity index is 1.68. The van der Waals surface area contributed by atoms with E-state index in [4.69, 9.17) is 39.5 Å². The topological polar surface area (TPSA) is 91.2 Å². The van der Waals surface area contributed by atoms with Crippen LogP contribution in [0.5, 0.6) is 5.75 Å². The van der Waals surface area contributed by atoms with Crippen molar-refractivity contribution in [2.45, 2.75) is 6.92 Å². The standard InChI is InChI=1S/C25H18Cl3N3O3/c1-15-2-6-20(7-3-15)31-25(33)17(13-29)10-16-11-21(27)24(22(28)12-16)34-14-23(32)30-19-8-4-18(26)5-9-19/h2-12H,14H2,1H3,(H,30,32)(H,31,33)/b17-10+. The van der Waals surface area contributed by atoms with Crippen LogP contribution in [-0.2, 0) is 9.59 Å². The van der Waals surface area contributed by atoms with Gasteiger partial charge < -0.3 is 15.4 Å². The van der Waals surface area contributed by atoms with Crippen molar-refractivity contribution in [2.75, 3.05) is 17.2 Å². The van der Waals surface area contributed by atoms with E-state index in [2.05, 4.69) is 10.6 Å². The van der Waals surface area contributed by atoms with E-state index in [9.17, 15) is 14.9 Å². The molecular weight excluding hydrogens is 497 g/mol. The Kier molecular flexibility index (Phi) is 8.55. The Morgan fingerprint density at radius 3 is 2.09 bits per heavy atom. The number of anilines is 2. The molecule has 6 nitrogen and oxygen atoms in total. The predicted molar refractivity (Wildman–Crippen MR) is 135 cm³/mol. The second kappa shape index (κ2) is 11.6. The first-order valence-corrected chi connectivity index (χ1v) is 11.1. The molecule has 3 aromatic carbocycles. The minimum Gasteiger partial charge on any atom is -0.481 e. The molecule has 0 saturated carbocycles. The Hall–Kier alpha value is -3.50. The van der Waals surface area contributed by atoms with Gasteiger partial charge in [-0.2, -0.15) is 5.26 Å². The van der Waals surface area contributed by atoms with E-state index in [1.54, 1.807) is 36.4 Å². The van der Waals surface area contributed by atoms with Crippen molar-refractivity contribution < 1.29 is 14.3 Å². The minimum atomic E-state index is -0.571. The highest BCUT2D eigenvalue weighted by Crippen LogP contribution is 2.35. The van der Waals surface area contributed by atoms with Crippen molar-refractivity contribution >= 4 is 64.1 Å². The monoisotopic (exact) mass is 513 g/mol. The number of carbonyl (C=O) groups is 2. The number of rotatable bonds is 7. The van der Waals surface area contributed by atoms with Crippen molar-refractivity contribution in [1.29, 1.82) is 5.26 Å². The summed E-state index contributed by atoms with van der Waals surface area (Å²) in [7, 11) is 0. The number of carbonyl (C=O) groups excluding carboxylic acids is 2. The van der Waals surface area contributed by atoms with Gasteiger partial charge in [-0.15, -0.1) is 0 Å². The highest BCUT2D eigenvalue weighted by Gasteiger charge is 2.14. The van der Waals surface area contributed by atoms with Crippen molar-refractivity contribution in [3.8, 4) is 11.8 Å². The smallest absolute Gasteiger partial charge is 0.266 e. The second-order valence-electron chi connectivity index (χ2n) is 7.15. The van der Waals surface area contributed by atoms with Crippen LogP contribution in [0.1, 0.15) is 11.1 Å². The third-order valence-corrected chi connectivity index (χ3v) is 5.30. The average Bonchev–Trinajstić information content (AvgIpc) is 2.80. The Labute approximate surface area is 211 Å². The van der Waals surface area contributed by atoms with Gasteiger partial charge in [0.1, 0.15) is 11.6 Å². The van der Waals surface area contributed by atoms with Crippen molar-refractivity contribution in [3.63, 3.8) is 0 Å². The fourth-order valence-corrected chi connectivity index (χ4v) is 3.56. The summed E-state index contributed by atoms with van der Waals surface area (Å²) in [4.78, 5) is 24.6. The Morgan fingerprint density at radius 1 is 0.941 bits per heavy atom. The molecule has 0 radical (unpaired) electrons. The molecule has 3 aromatic rings. The fraction of sp³-hybridized carbons (Fsp3) is 0.0800. The first-order valence-electron chi connectivity index (χ1n) is 9.92. The van der Waals surface area contributed by atoms with Gasteiger partial charge in [-0.1, -0.05) is 52.5 Å². The lowest BCUT2D eigenvalue weighted by Gasteiger charge is -2.11. The zero-order chi connectivity index (χ0) is 24.7. The van der Waals surface area contributed by atoms with Crippen LogP contribution in [0.3, 0.4) is 0 Å². The van der Waals surface area contributed by atoms with Gasteiger partial charge in [-0.25, -0.2) is 0 Å². The second-order valence-corrected chi connectivity index (χ2v) is 8.40. The van der Waals surface area contributed by atoms with Gasteiger partial charge in [0.05, 0.1) is 10.0 Å². The van der Waals surface area contributed by atoms with E-state index in [1.165, 1.54) is 18.2 Å². The molecule has 9 heteroatoms. The number of nitriles is 1. The number of benzene rings is 3. The van der Waals surface area contributed by atoms with Crippen molar-refractivity contribution in [1.82, 2.24) is 0 Å². The summed E-state index contributed by atoms with van der Waals surface area (Å²) in [6.45, 7) is 1.60. The zero-order valence-electron chi connectivity index (χ0n) is 17.9. The Bertz CT molecular complexity index is 1260. The van der Waals surface area contributed by atoms with Gasteiger partial charge in [0.25, 0.3) is 11.8 Å². The summed E-state index contributed by atoms with van der Waals surface area (Å²) in [6.07, 6.45) is 1.36. The van der Waals surface area contributed by atoms with Gasteiger partial charge in [-0.3, -0.25) is 9.59 Å². The van der Waals surface area contributed by atoms with E-state index < -0.39 is 11.8 Å². The normalized spacial score (nSPS) is 10.9.